The Morgan fingerprint density at radius 1 is 1.14 bits per heavy atom. The van der Waals surface area contributed by atoms with Gasteiger partial charge < -0.3 is 10.5 Å². The molecule has 21 heavy (non-hydrogen) atoms. The maximum absolute atomic E-state index is 6.42. The smallest absolute Gasteiger partial charge is 0.122 e. The summed E-state index contributed by atoms with van der Waals surface area (Å²) in [7, 11) is 1.70. The van der Waals surface area contributed by atoms with Crippen molar-refractivity contribution in [1.29, 1.82) is 0 Å². The van der Waals surface area contributed by atoms with Crippen LogP contribution in [0, 0.1) is 0 Å². The quantitative estimate of drug-likeness (QED) is 0.901. The minimum Gasteiger partial charge on any atom is -0.496 e. The Morgan fingerprint density at radius 2 is 1.95 bits per heavy atom. The zero-order valence-electron chi connectivity index (χ0n) is 12.2. The summed E-state index contributed by atoms with van der Waals surface area (Å²) in [5, 5.41) is 0. The van der Waals surface area contributed by atoms with Gasteiger partial charge in [-0.15, -0.1) is 0 Å². The van der Waals surface area contributed by atoms with Crippen molar-refractivity contribution in [2.24, 2.45) is 5.73 Å². The number of methoxy groups -OCH3 is 1. The van der Waals surface area contributed by atoms with Gasteiger partial charge in [0, 0.05) is 10.5 Å². The summed E-state index contributed by atoms with van der Waals surface area (Å²) < 4.78 is 6.49. The van der Waals surface area contributed by atoms with E-state index in [0.717, 1.165) is 22.2 Å². The molecular weight excluding hydrogens is 326 g/mol. The van der Waals surface area contributed by atoms with E-state index in [4.69, 9.17) is 10.5 Å². The number of hydrogen-bond acceptors (Lipinski definition) is 2. The average molecular weight is 346 g/mol. The molecule has 0 heterocycles. The Labute approximate surface area is 134 Å². The highest BCUT2D eigenvalue weighted by atomic mass is 79.9. The molecular formula is C18H20BrNO. The number of benzene rings is 2. The second-order valence-electron chi connectivity index (χ2n) is 5.65. The lowest BCUT2D eigenvalue weighted by atomic mass is 9.96. The lowest BCUT2D eigenvalue weighted by Gasteiger charge is -2.16. The fourth-order valence-corrected chi connectivity index (χ4v) is 3.49. The average Bonchev–Trinajstić information content (AvgIpc) is 2.94. The molecule has 0 amide bonds. The van der Waals surface area contributed by atoms with E-state index in [0.29, 0.717) is 0 Å². The van der Waals surface area contributed by atoms with Crippen molar-refractivity contribution in [3.63, 3.8) is 0 Å². The van der Waals surface area contributed by atoms with Gasteiger partial charge in [0.2, 0.25) is 0 Å². The van der Waals surface area contributed by atoms with Crippen molar-refractivity contribution in [2.75, 3.05) is 7.11 Å². The summed E-state index contributed by atoms with van der Waals surface area (Å²) in [5.74, 6) is 0.898. The summed E-state index contributed by atoms with van der Waals surface area (Å²) in [5.41, 5.74) is 11.8. The fourth-order valence-electron chi connectivity index (χ4n) is 3.08. The van der Waals surface area contributed by atoms with Crippen molar-refractivity contribution in [2.45, 2.75) is 31.7 Å². The molecule has 0 aromatic heterocycles. The van der Waals surface area contributed by atoms with Crippen LogP contribution in [0.4, 0.5) is 0 Å². The number of hydrogen-bond donors (Lipinski definition) is 1. The van der Waals surface area contributed by atoms with Crippen LogP contribution in [-0.4, -0.2) is 7.11 Å². The molecule has 0 aliphatic heterocycles. The van der Waals surface area contributed by atoms with Crippen LogP contribution in [0.3, 0.4) is 0 Å². The van der Waals surface area contributed by atoms with Gasteiger partial charge in [0.15, 0.2) is 0 Å². The van der Waals surface area contributed by atoms with E-state index >= 15 is 0 Å². The summed E-state index contributed by atoms with van der Waals surface area (Å²) in [6, 6.07) is 12.8. The number of ether oxygens (including phenoxy) is 1. The topological polar surface area (TPSA) is 35.2 Å². The second-order valence-corrected chi connectivity index (χ2v) is 6.56. The Bertz CT molecular complexity index is 654. The summed E-state index contributed by atoms with van der Waals surface area (Å²) in [6.07, 6.45) is 4.45. The highest BCUT2D eigenvalue weighted by molar-refractivity contribution is 9.10. The Morgan fingerprint density at radius 3 is 2.76 bits per heavy atom. The molecule has 1 unspecified atom stereocenters. The third-order valence-electron chi connectivity index (χ3n) is 4.23. The van der Waals surface area contributed by atoms with E-state index < -0.39 is 0 Å². The maximum atomic E-state index is 6.42. The Kier molecular flexibility index (Phi) is 4.32. The Hall–Kier alpha value is -1.32. The van der Waals surface area contributed by atoms with Gasteiger partial charge in [-0.25, -0.2) is 0 Å². The van der Waals surface area contributed by atoms with Gasteiger partial charge in [0.1, 0.15) is 5.75 Å². The highest BCUT2D eigenvalue weighted by Gasteiger charge is 2.15. The third-order valence-corrected chi connectivity index (χ3v) is 4.73. The van der Waals surface area contributed by atoms with E-state index in [1.807, 2.05) is 12.1 Å². The molecule has 0 bridgehead atoms. The molecule has 1 atom stereocenters. The molecule has 0 fully saturated rings. The first-order valence-electron chi connectivity index (χ1n) is 7.37. The van der Waals surface area contributed by atoms with Crippen LogP contribution in [-0.2, 0) is 19.3 Å². The maximum Gasteiger partial charge on any atom is 0.122 e. The lowest BCUT2D eigenvalue weighted by molar-refractivity contribution is 0.408. The standard InChI is InChI=1S/C18H20BrNO/c1-21-18-8-7-16(19)10-15(18)11-17(20)14-6-5-12-3-2-4-13(12)9-14/h5-10,17H,2-4,11,20H2,1H3. The predicted octanol–water partition coefficient (Wildman–Crippen LogP) is 4.19. The minimum absolute atomic E-state index is 0.000833. The first kappa shape index (κ1) is 14.6. The first-order chi connectivity index (χ1) is 10.2. The monoisotopic (exact) mass is 345 g/mol. The van der Waals surface area contributed by atoms with Crippen LogP contribution in [0.15, 0.2) is 40.9 Å². The van der Waals surface area contributed by atoms with Gasteiger partial charge in [0.25, 0.3) is 0 Å². The molecule has 1 aliphatic carbocycles. The molecule has 3 heteroatoms. The van der Waals surface area contributed by atoms with Crippen molar-refractivity contribution in [1.82, 2.24) is 0 Å². The van der Waals surface area contributed by atoms with Crippen molar-refractivity contribution >= 4 is 15.9 Å². The highest BCUT2D eigenvalue weighted by Crippen LogP contribution is 2.29. The summed E-state index contributed by atoms with van der Waals surface area (Å²) in [4.78, 5) is 0. The third kappa shape index (κ3) is 3.14. The van der Waals surface area contributed by atoms with Crippen LogP contribution in [0.2, 0.25) is 0 Å². The molecule has 2 aromatic rings. The minimum atomic E-state index is -0.000833. The van der Waals surface area contributed by atoms with E-state index in [-0.39, 0.29) is 6.04 Å². The zero-order valence-corrected chi connectivity index (χ0v) is 13.8. The largest absolute Gasteiger partial charge is 0.496 e. The molecule has 2 nitrogen and oxygen atoms in total. The molecule has 0 spiro atoms. The molecule has 2 aromatic carbocycles. The molecule has 0 radical (unpaired) electrons. The summed E-state index contributed by atoms with van der Waals surface area (Å²) >= 11 is 3.52. The normalized spacial score (nSPS) is 14.8. The van der Waals surface area contributed by atoms with Gasteiger partial charge in [-0.05, 0) is 66.1 Å². The van der Waals surface area contributed by atoms with Gasteiger partial charge in [-0.3, -0.25) is 0 Å². The molecule has 3 rings (SSSR count). The first-order valence-corrected chi connectivity index (χ1v) is 8.16. The van der Waals surface area contributed by atoms with E-state index in [1.54, 1.807) is 7.11 Å². The van der Waals surface area contributed by atoms with Crippen LogP contribution in [0.1, 0.15) is 34.7 Å². The number of rotatable bonds is 4. The molecule has 1 aliphatic rings. The van der Waals surface area contributed by atoms with Crippen LogP contribution in [0.25, 0.3) is 0 Å². The number of nitrogens with two attached hydrogens (primary N) is 1. The SMILES string of the molecule is COc1ccc(Br)cc1CC(N)c1ccc2c(c1)CCC2. The van der Waals surface area contributed by atoms with Gasteiger partial charge >= 0.3 is 0 Å². The van der Waals surface area contributed by atoms with Gasteiger partial charge in [-0.1, -0.05) is 34.1 Å². The van der Waals surface area contributed by atoms with Crippen molar-refractivity contribution in [3.05, 3.63) is 63.1 Å². The number of halogens is 1. The van der Waals surface area contributed by atoms with Crippen LogP contribution >= 0.6 is 15.9 Å². The molecule has 2 N–H and O–H groups in total. The van der Waals surface area contributed by atoms with Crippen molar-refractivity contribution < 1.29 is 4.74 Å². The summed E-state index contributed by atoms with van der Waals surface area (Å²) in [6.45, 7) is 0. The molecule has 0 saturated carbocycles. The predicted molar refractivity (Wildman–Crippen MR) is 89.8 cm³/mol. The van der Waals surface area contributed by atoms with E-state index in [9.17, 15) is 0 Å². The van der Waals surface area contributed by atoms with Crippen LogP contribution in [0.5, 0.6) is 5.75 Å². The zero-order chi connectivity index (χ0) is 14.8. The second kappa shape index (κ2) is 6.20. The van der Waals surface area contributed by atoms with Crippen molar-refractivity contribution in [3.8, 4) is 5.75 Å². The van der Waals surface area contributed by atoms with E-state index in [2.05, 4.69) is 40.2 Å². The number of aryl methyl sites for hydroxylation is 2. The Balaban J connectivity index is 1.83. The van der Waals surface area contributed by atoms with Crippen LogP contribution < -0.4 is 10.5 Å². The lowest BCUT2D eigenvalue weighted by Crippen LogP contribution is -2.14. The van der Waals surface area contributed by atoms with Gasteiger partial charge in [0.05, 0.1) is 7.11 Å². The van der Waals surface area contributed by atoms with E-state index in [1.165, 1.54) is 36.0 Å². The van der Waals surface area contributed by atoms with Gasteiger partial charge in [-0.2, -0.15) is 0 Å². The molecule has 0 saturated heterocycles. The fraction of sp³-hybridized carbons (Fsp3) is 0.333. The number of fused-ring (bicyclic) bond motifs is 1. The molecule has 110 valence electrons.